The summed E-state index contributed by atoms with van der Waals surface area (Å²) in [6.45, 7) is 6.39. The lowest BCUT2D eigenvalue weighted by atomic mass is 9.95. The standard InChI is InChI=1S/C29H29NO7S/c1-19(31)36-17-22-18-38(34,35)27-23(15-16-29(2,3)4)26(32)30(27)24(22)28(33)37-25(20-11-7-5-8-12-20)21-13-9-6-10-14-21/h5-14,16,25,27H,17-18H2,1-4H3. The highest BCUT2D eigenvalue weighted by atomic mass is 32.2. The van der Waals surface area contributed by atoms with Gasteiger partial charge in [0.2, 0.25) is 0 Å². The number of rotatable bonds is 6. The molecule has 8 nitrogen and oxygen atoms in total. The van der Waals surface area contributed by atoms with E-state index in [4.69, 9.17) is 9.47 Å². The number of carbonyl (C=O) groups is 3. The summed E-state index contributed by atoms with van der Waals surface area (Å²) in [6.07, 6.45) is 0.806. The van der Waals surface area contributed by atoms with Crippen LogP contribution in [-0.4, -0.2) is 48.9 Å². The number of ether oxygens (including phenoxy) is 2. The van der Waals surface area contributed by atoms with Crippen LogP contribution in [-0.2, 0) is 33.7 Å². The Kier molecular flexibility index (Phi) is 7.44. The molecule has 0 saturated carbocycles. The van der Waals surface area contributed by atoms with E-state index in [1.807, 2.05) is 57.2 Å². The Morgan fingerprint density at radius 1 is 1.05 bits per heavy atom. The van der Waals surface area contributed by atoms with Crippen LogP contribution in [0.25, 0.3) is 0 Å². The minimum atomic E-state index is -3.94. The van der Waals surface area contributed by atoms with Crippen molar-refractivity contribution < 1.29 is 32.3 Å². The Labute approximate surface area is 222 Å². The van der Waals surface area contributed by atoms with Crippen LogP contribution in [0.2, 0.25) is 0 Å². The van der Waals surface area contributed by atoms with Crippen LogP contribution >= 0.6 is 0 Å². The molecule has 1 atom stereocenters. The van der Waals surface area contributed by atoms with Gasteiger partial charge in [-0.15, -0.1) is 5.73 Å². The number of benzene rings is 2. The first-order chi connectivity index (χ1) is 17.9. The molecule has 2 heterocycles. The molecular weight excluding hydrogens is 506 g/mol. The van der Waals surface area contributed by atoms with Crippen LogP contribution in [0.3, 0.4) is 0 Å². The summed E-state index contributed by atoms with van der Waals surface area (Å²) in [5, 5.41) is -1.37. The highest BCUT2D eigenvalue weighted by molar-refractivity contribution is 7.92. The van der Waals surface area contributed by atoms with Crippen molar-refractivity contribution in [3.05, 3.63) is 100 Å². The topological polar surface area (TPSA) is 107 Å². The lowest BCUT2D eigenvalue weighted by Crippen LogP contribution is -2.62. The molecule has 38 heavy (non-hydrogen) atoms. The highest BCUT2D eigenvalue weighted by Crippen LogP contribution is 2.41. The van der Waals surface area contributed by atoms with Crippen LogP contribution in [0.4, 0.5) is 0 Å². The second kappa shape index (κ2) is 10.4. The maximum Gasteiger partial charge on any atom is 0.356 e. The summed E-state index contributed by atoms with van der Waals surface area (Å²) in [5.41, 5.74) is 3.59. The van der Waals surface area contributed by atoms with Crippen molar-refractivity contribution in [3.8, 4) is 0 Å². The Bertz CT molecular complexity index is 1420. The van der Waals surface area contributed by atoms with E-state index in [1.165, 1.54) is 6.92 Å². The van der Waals surface area contributed by atoms with Crippen LogP contribution in [0, 0.1) is 5.41 Å². The van der Waals surface area contributed by atoms with Gasteiger partial charge in [-0.25, -0.2) is 13.2 Å². The number of esters is 2. The minimum absolute atomic E-state index is 0.0199. The van der Waals surface area contributed by atoms with Crippen molar-refractivity contribution in [1.82, 2.24) is 4.90 Å². The van der Waals surface area contributed by atoms with Crippen molar-refractivity contribution in [2.75, 3.05) is 12.4 Å². The minimum Gasteiger partial charge on any atom is -0.461 e. The second-order valence-electron chi connectivity index (χ2n) is 10.2. The molecule has 1 amide bonds. The third kappa shape index (κ3) is 5.64. The quantitative estimate of drug-likeness (QED) is 0.239. The molecule has 9 heteroatoms. The van der Waals surface area contributed by atoms with Gasteiger partial charge in [-0.05, 0) is 22.6 Å². The number of sulfone groups is 1. The van der Waals surface area contributed by atoms with E-state index < -0.39 is 51.5 Å². The maximum absolute atomic E-state index is 13.7. The zero-order chi connectivity index (χ0) is 27.7. The van der Waals surface area contributed by atoms with Crippen molar-refractivity contribution in [3.63, 3.8) is 0 Å². The van der Waals surface area contributed by atoms with Crippen LogP contribution in [0.15, 0.2) is 89.3 Å². The van der Waals surface area contributed by atoms with Gasteiger partial charge in [-0.2, -0.15) is 0 Å². The summed E-state index contributed by atoms with van der Waals surface area (Å²) in [6, 6.07) is 18.1. The van der Waals surface area contributed by atoms with E-state index in [0.29, 0.717) is 11.1 Å². The Hall–Kier alpha value is -3.94. The first kappa shape index (κ1) is 27.1. The second-order valence-corrected chi connectivity index (χ2v) is 12.3. The van der Waals surface area contributed by atoms with Crippen LogP contribution < -0.4 is 0 Å². The van der Waals surface area contributed by atoms with Gasteiger partial charge in [0.05, 0.1) is 11.3 Å². The Morgan fingerprint density at radius 2 is 1.61 bits per heavy atom. The number of β-lactam (4-membered cyclic amide) rings is 1. The fraction of sp³-hybridized carbons (Fsp3) is 0.310. The number of hydrogen-bond acceptors (Lipinski definition) is 7. The molecular formula is C29H29NO7S. The molecule has 1 unspecified atom stereocenters. The average Bonchev–Trinajstić information content (AvgIpc) is 2.86. The van der Waals surface area contributed by atoms with Gasteiger partial charge < -0.3 is 9.47 Å². The Morgan fingerprint density at radius 3 is 2.11 bits per heavy atom. The molecule has 1 fully saturated rings. The smallest absolute Gasteiger partial charge is 0.356 e. The number of hydrogen-bond donors (Lipinski definition) is 0. The molecule has 2 aliphatic rings. The van der Waals surface area contributed by atoms with E-state index in [1.54, 1.807) is 30.3 Å². The summed E-state index contributed by atoms with van der Waals surface area (Å²) < 4.78 is 37.4. The van der Waals surface area contributed by atoms with E-state index in [-0.39, 0.29) is 22.3 Å². The average molecular weight is 536 g/mol. The molecule has 0 N–H and O–H groups in total. The predicted octanol–water partition coefficient (Wildman–Crippen LogP) is 3.86. The van der Waals surface area contributed by atoms with E-state index in [9.17, 15) is 22.8 Å². The lowest BCUT2D eigenvalue weighted by Gasteiger charge is -2.45. The molecule has 198 valence electrons. The van der Waals surface area contributed by atoms with Gasteiger partial charge in [-0.3, -0.25) is 14.5 Å². The lowest BCUT2D eigenvalue weighted by molar-refractivity contribution is -0.149. The van der Waals surface area contributed by atoms with E-state index >= 15 is 0 Å². The third-order valence-corrected chi connectivity index (χ3v) is 7.83. The maximum atomic E-state index is 13.7. The Balaban J connectivity index is 1.79. The fourth-order valence-electron chi connectivity index (χ4n) is 4.24. The summed E-state index contributed by atoms with van der Waals surface area (Å²) in [7, 11) is -3.94. The molecule has 4 rings (SSSR count). The predicted molar refractivity (Wildman–Crippen MR) is 140 cm³/mol. The molecule has 0 spiro atoms. The molecule has 2 aromatic carbocycles. The zero-order valence-corrected chi connectivity index (χ0v) is 22.4. The number of amides is 1. The fourth-order valence-corrected chi connectivity index (χ4v) is 6.15. The third-order valence-electron chi connectivity index (χ3n) is 5.96. The number of nitrogens with zero attached hydrogens (tertiary/aromatic N) is 1. The summed E-state index contributed by atoms with van der Waals surface area (Å²) in [5.74, 6) is -2.78. The van der Waals surface area contributed by atoms with Crippen molar-refractivity contribution in [2.24, 2.45) is 5.41 Å². The number of fused-ring (bicyclic) bond motifs is 1. The monoisotopic (exact) mass is 535 g/mol. The van der Waals surface area contributed by atoms with Gasteiger partial charge in [0, 0.05) is 12.5 Å². The van der Waals surface area contributed by atoms with Gasteiger partial charge in [0.1, 0.15) is 12.3 Å². The summed E-state index contributed by atoms with van der Waals surface area (Å²) >= 11 is 0. The van der Waals surface area contributed by atoms with Crippen LogP contribution in [0.5, 0.6) is 0 Å². The van der Waals surface area contributed by atoms with E-state index in [0.717, 1.165) is 4.90 Å². The van der Waals surface area contributed by atoms with Gasteiger partial charge in [0.25, 0.3) is 5.91 Å². The van der Waals surface area contributed by atoms with Gasteiger partial charge >= 0.3 is 11.9 Å². The molecule has 0 radical (unpaired) electrons. The molecule has 2 aromatic rings. The summed E-state index contributed by atoms with van der Waals surface area (Å²) in [4.78, 5) is 39.4. The van der Waals surface area contributed by atoms with Crippen molar-refractivity contribution >= 4 is 27.7 Å². The van der Waals surface area contributed by atoms with Crippen molar-refractivity contribution in [1.29, 1.82) is 0 Å². The van der Waals surface area contributed by atoms with Gasteiger partial charge in [-0.1, -0.05) is 81.4 Å². The largest absolute Gasteiger partial charge is 0.461 e. The first-order valence-corrected chi connectivity index (χ1v) is 13.8. The molecule has 0 aromatic heterocycles. The highest BCUT2D eigenvalue weighted by Gasteiger charge is 2.57. The van der Waals surface area contributed by atoms with E-state index in [2.05, 4.69) is 5.73 Å². The van der Waals surface area contributed by atoms with Crippen molar-refractivity contribution in [2.45, 2.75) is 39.2 Å². The SMILES string of the molecule is CC(=O)OCC1=C(C(=O)OC(c2ccccc2)c2ccccc2)N2C(=O)C(=C=CC(C)(C)C)C2S(=O)(=O)C1. The number of carbonyl (C=O) groups excluding carboxylic acids is 3. The van der Waals surface area contributed by atoms with Gasteiger partial charge in [0.15, 0.2) is 21.3 Å². The molecule has 0 aliphatic carbocycles. The first-order valence-electron chi connectivity index (χ1n) is 12.1. The molecule has 0 bridgehead atoms. The zero-order valence-electron chi connectivity index (χ0n) is 21.6. The molecule has 1 saturated heterocycles. The van der Waals surface area contributed by atoms with Crippen LogP contribution in [0.1, 0.15) is 44.9 Å². The normalized spacial score (nSPS) is 18.3. The molecule has 2 aliphatic heterocycles.